The van der Waals surface area contributed by atoms with Crippen LogP contribution in [0.25, 0.3) is 0 Å². The average molecular weight is 527 g/mol. The van der Waals surface area contributed by atoms with Gasteiger partial charge in [0.2, 0.25) is 0 Å². The monoisotopic (exact) mass is 526 g/mol. The van der Waals surface area contributed by atoms with Crippen LogP contribution in [0, 0.1) is 17.3 Å². The van der Waals surface area contributed by atoms with Gasteiger partial charge in [-0.2, -0.15) is 0 Å². The van der Waals surface area contributed by atoms with Crippen LogP contribution in [0.2, 0.25) is 0 Å². The van der Waals surface area contributed by atoms with Crippen LogP contribution in [-0.4, -0.2) is 52.3 Å². The van der Waals surface area contributed by atoms with Crippen LogP contribution in [0.3, 0.4) is 0 Å². The molecule has 206 valence electrons. The first-order chi connectivity index (χ1) is 17.2. The molecule has 0 aromatic heterocycles. The number of rotatable bonds is 16. The van der Waals surface area contributed by atoms with E-state index in [1.54, 1.807) is 0 Å². The van der Waals surface area contributed by atoms with E-state index in [-0.39, 0.29) is 29.0 Å². The predicted molar refractivity (Wildman–Crippen MR) is 143 cm³/mol. The summed E-state index contributed by atoms with van der Waals surface area (Å²) in [6.07, 6.45) is 16.9. The standard InChI is InChI=1S/C28H47ClN2O5/c1-2-28(16-10-17-28)25(33)14-9-12-21-20(22(29)19-24(21)32)11-5-3-4-6-15-26(34)36-27(35)23(31)13-7-8-18-30/h3,5,9,14,20-25,32-33H,2,4,6-8,10-13,15-19,30-31H2,1H3/b5-3-,14-9+/t20-,21-,22-,23+,24-,25+/m1/s1. The summed E-state index contributed by atoms with van der Waals surface area (Å²) < 4.78 is 4.84. The summed E-state index contributed by atoms with van der Waals surface area (Å²) >= 11 is 6.55. The van der Waals surface area contributed by atoms with Crippen LogP contribution in [0.4, 0.5) is 0 Å². The smallest absolute Gasteiger partial charge is 0.330 e. The van der Waals surface area contributed by atoms with Crippen LogP contribution in [0.15, 0.2) is 24.3 Å². The molecule has 0 unspecified atom stereocenters. The molecule has 6 atom stereocenters. The van der Waals surface area contributed by atoms with Crippen LogP contribution in [0.1, 0.15) is 90.4 Å². The van der Waals surface area contributed by atoms with Gasteiger partial charge in [0.05, 0.1) is 12.2 Å². The topological polar surface area (TPSA) is 136 Å². The van der Waals surface area contributed by atoms with E-state index < -0.39 is 30.2 Å². The molecule has 2 saturated carbocycles. The highest BCUT2D eigenvalue weighted by Crippen LogP contribution is 2.47. The van der Waals surface area contributed by atoms with Crippen molar-refractivity contribution in [2.45, 2.75) is 114 Å². The lowest BCUT2D eigenvalue weighted by Crippen LogP contribution is -2.39. The van der Waals surface area contributed by atoms with Crippen molar-refractivity contribution in [2.75, 3.05) is 6.54 Å². The fourth-order valence-corrected chi connectivity index (χ4v) is 5.92. The predicted octanol–water partition coefficient (Wildman–Crippen LogP) is 4.12. The van der Waals surface area contributed by atoms with Gasteiger partial charge in [-0.05, 0) is 88.0 Å². The van der Waals surface area contributed by atoms with Gasteiger partial charge in [0.1, 0.15) is 6.04 Å². The quantitative estimate of drug-likeness (QED) is 0.0780. The van der Waals surface area contributed by atoms with Gasteiger partial charge in [0, 0.05) is 11.8 Å². The van der Waals surface area contributed by atoms with Gasteiger partial charge in [-0.3, -0.25) is 4.79 Å². The summed E-state index contributed by atoms with van der Waals surface area (Å²) in [5.74, 6) is -1.00. The van der Waals surface area contributed by atoms with Crippen molar-refractivity contribution in [3.8, 4) is 0 Å². The van der Waals surface area contributed by atoms with E-state index in [1.165, 1.54) is 6.42 Å². The number of aliphatic hydroxyl groups is 2. The second-order valence-electron chi connectivity index (χ2n) is 10.6. The van der Waals surface area contributed by atoms with Gasteiger partial charge in [0.25, 0.3) is 0 Å². The molecule has 2 aliphatic rings. The molecule has 2 rings (SSSR count). The molecule has 0 spiro atoms. The normalized spacial score (nSPS) is 27.3. The molecule has 0 saturated heterocycles. The Hall–Kier alpha value is -1.25. The maximum absolute atomic E-state index is 11.9. The molecule has 36 heavy (non-hydrogen) atoms. The lowest BCUT2D eigenvalue weighted by molar-refractivity contribution is -0.160. The molecule has 0 radical (unpaired) electrons. The first-order valence-corrected chi connectivity index (χ1v) is 14.2. The minimum absolute atomic E-state index is 0.0398. The largest absolute Gasteiger partial charge is 0.393 e. The minimum atomic E-state index is -0.789. The summed E-state index contributed by atoms with van der Waals surface area (Å²) in [5.41, 5.74) is 11.2. The molecular formula is C28H47ClN2O5. The molecule has 0 bridgehead atoms. The number of hydrogen-bond donors (Lipinski definition) is 4. The van der Waals surface area contributed by atoms with Crippen LogP contribution in [-0.2, 0) is 14.3 Å². The second-order valence-corrected chi connectivity index (χ2v) is 11.2. The van der Waals surface area contributed by atoms with Gasteiger partial charge in [-0.25, -0.2) is 4.79 Å². The van der Waals surface area contributed by atoms with Gasteiger partial charge < -0.3 is 26.4 Å². The number of alkyl halides is 1. The maximum Gasteiger partial charge on any atom is 0.330 e. The third-order valence-electron chi connectivity index (χ3n) is 8.20. The minimum Gasteiger partial charge on any atom is -0.393 e. The lowest BCUT2D eigenvalue weighted by atomic mass is 9.63. The number of nitrogens with two attached hydrogens (primary N) is 2. The Balaban J connectivity index is 1.69. The van der Waals surface area contributed by atoms with E-state index in [2.05, 4.69) is 13.0 Å². The van der Waals surface area contributed by atoms with Crippen molar-refractivity contribution in [3.05, 3.63) is 24.3 Å². The van der Waals surface area contributed by atoms with E-state index in [4.69, 9.17) is 27.8 Å². The van der Waals surface area contributed by atoms with E-state index >= 15 is 0 Å². The first kappa shape index (κ1) is 31.0. The number of esters is 2. The first-order valence-electron chi connectivity index (χ1n) is 13.8. The number of hydrogen-bond acceptors (Lipinski definition) is 7. The number of aliphatic hydroxyl groups excluding tert-OH is 2. The Labute approximate surface area is 221 Å². The molecule has 8 heteroatoms. The highest BCUT2D eigenvalue weighted by atomic mass is 35.5. The molecule has 7 nitrogen and oxygen atoms in total. The molecule has 0 amide bonds. The molecule has 2 aliphatic carbocycles. The Kier molecular flexibility index (Phi) is 13.7. The second kappa shape index (κ2) is 15.9. The Morgan fingerprint density at radius 3 is 2.50 bits per heavy atom. The Morgan fingerprint density at radius 2 is 1.86 bits per heavy atom. The van der Waals surface area contributed by atoms with Crippen LogP contribution in [0.5, 0.6) is 0 Å². The molecular weight excluding hydrogens is 480 g/mol. The third-order valence-corrected chi connectivity index (χ3v) is 8.70. The fraction of sp³-hybridized carbons (Fsp3) is 0.786. The number of halogens is 1. The van der Waals surface area contributed by atoms with Crippen LogP contribution < -0.4 is 11.5 Å². The number of allylic oxidation sites excluding steroid dienone is 3. The van der Waals surface area contributed by atoms with Crippen molar-refractivity contribution in [3.63, 3.8) is 0 Å². The molecule has 2 fully saturated rings. The summed E-state index contributed by atoms with van der Waals surface area (Å²) in [6.45, 7) is 2.68. The van der Waals surface area contributed by atoms with Gasteiger partial charge in [-0.15, -0.1) is 11.6 Å². The number of carbonyl (C=O) groups is 2. The Morgan fingerprint density at radius 1 is 1.14 bits per heavy atom. The molecule has 0 heterocycles. The van der Waals surface area contributed by atoms with Crippen molar-refractivity contribution < 1.29 is 24.5 Å². The summed E-state index contributed by atoms with van der Waals surface area (Å²) in [7, 11) is 0. The van der Waals surface area contributed by atoms with Gasteiger partial charge >= 0.3 is 11.9 Å². The maximum atomic E-state index is 11.9. The van der Waals surface area contributed by atoms with E-state index in [0.29, 0.717) is 38.6 Å². The fourth-order valence-electron chi connectivity index (χ4n) is 5.45. The van der Waals surface area contributed by atoms with Crippen molar-refractivity contribution in [1.29, 1.82) is 0 Å². The SMILES string of the molecule is CCC1([C@@H](O)/C=C/C[C@@H]2[C@@H](C/C=C\CCCC(=O)OC(=O)[C@@H](N)CCCCN)[C@H](Cl)C[C@H]2O)CCC1. The lowest BCUT2D eigenvalue weighted by Gasteiger charge is -2.44. The van der Waals surface area contributed by atoms with E-state index in [1.807, 2.05) is 18.2 Å². The molecule has 0 aromatic carbocycles. The zero-order chi connectivity index (χ0) is 26.6. The summed E-state index contributed by atoms with van der Waals surface area (Å²) in [6, 6.07) is -0.789. The van der Waals surface area contributed by atoms with Crippen molar-refractivity contribution >= 4 is 23.5 Å². The third kappa shape index (κ3) is 9.25. The van der Waals surface area contributed by atoms with Crippen LogP contribution >= 0.6 is 11.6 Å². The molecule has 0 aromatic rings. The van der Waals surface area contributed by atoms with E-state index in [9.17, 15) is 19.8 Å². The molecule has 6 N–H and O–H groups in total. The van der Waals surface area contributed by atoms with Crippen molar-refractivity contribution in [2.24, 2.45) is 28.7 Å². The number of unbranched alkanes of at least 4 members (excludes halogenated alkanes) is 2. The highest BCUT2D eigenvalue weighted by Gasteiger charge is 2.42. The average Bonchev–Trinajstić information content (AvgIpc) is 3.08. The number of ether oxygens (including phenoxy) is 1. The van der Waals surface area contributed by atoms with Gasteiger partial charge in [0.15, 0.2) is 0 Å². The number of carbonyl (C=O) groups excluding carboxylic acids is 2. The molecule has 0 aliphatic heterocycles. The van der Waals surface area contributed by atoms with Gasteiger partial charge in [-0.1, -0.05) is 44.1 Å². The van der Waals surface area contributed by atoms with Crippen molar-refractivity contribution in [1.82, 2.24) is 0 Å². The highest BCUT2D eigenvalue weighted by molar-refractivity contribution is 6.21. The zero-order valence-corrected chi connectivity index (χ0v) is 22.6. The summed E-state index contributed by atoms with van der Waals surface area (Å²) in [4.78, 5) is 23.7. The van der Waals surface area contributed by atoms with E-state index in [0.717, 1.165) is 38.5 Å². The zero-order valence-electron chi connectivity index (χ0n) is 21.8. The Bertz CT molecular complexity index is 734. The summed E-state index contributed by atoms with van der Waals surface area (Å²) in [5, 5.41) is 21.1.